The first-order valence-electron chi connectivity index (χ1n) is 12.6. The summed E-state index contributed by atoms with van der Waals surface area (Å²) in [4.78, 5) is 28.8. The van der Waals surface area contributed by atoms with E-state index < -0.39 is 23.5 Å². The average molecular weight is 586 g/mol. The van der Waals surface area contributed by atoms with Crippen LogP contribution >= 0.6 is 34.4 Å². The van der Waals surface area contributed by atoms with Crippen molar-refractivity contribution in [2.45, 2.75) is 23.1 Å². The number of aliphatic hydroxyl groups is 1. The largest absolute Gasteiger partial charge is 0.503 e. The van der Waals surface area contributed by atoms with Gasteiger partial charge in [0.05, 0.1) is 23.1 Å². The molecule has 7 nitrogen and oxygen atoms in total. The predicted molar refractivity (Wildman–Crippen MR) is 160 cm³/mol. The second-order valence-electron chi connectivity index (χ2n) is 8.93. The van der Waals surface area contributed by atoms with Crippen LogP contribution in [0.5, 0.6) is 5.75 Å². The normalized spacial score (nSPS) is 15.3. The quantitative estimate of drug-likeness (QED) is 0.111. The fourth-order valence-corrected chi connectivity index (χ4v) is 7.30. The summed E-state index contributed by atoms with van der Waals surface area (Å²) in [5, 5.41) is 24.1. The molecule has 3 heterocycles. The molecule has 200 valence electrons. The number of aliphatic hydroxyl groups excluding tert-OH is 1. The molecule has 1 unspecified atom stereocenters. The van der Waals surface area contributed by atoms with Crippen LogP contribution in [-0.2, 0) is 10.5 Å². The van der Waals surface area contributed by atoms with Gasteiger partial charge in [-0.3, -0.25) is 14.5 Å². The van der Waals surface area contributed by atoms with Gasteiger partial charge in [-0.2, -0.15) is 0 Å². The van der Waals surface area contributed by atoms with Crippen molar-refractivity contribution in [1.82, 2.24) is 10.2 Å². The van der Waals surface area contributed by atoms with E-state index in [1.165, 1.54) is 55.7 Å². The highest BCUT2D eigenvalue weighted by molar-refractivity contribution is 8.00. The highest BCUT2D eigenvalue weighted by atomic mass is 32.2. The Morgan fingerprint density at radius 3 is 2.70 bits per heavy atom. The molecule has 0 fully saturated rings. The van der Waals surface area contributed by atoms with Gasteiger partial charge in [-0.25, -0.2) is 0 Å². The van der Waals surface area contributed by atoms with Crippen molar-refractivity contribution < 1.29 is 19.4 Å². The number of anilines is 1. The van der Waals surface area contributed by atoms with Gasteiger partial charge in [0, 0.05) is 5.75 Å². The molecule has 0 bridgehead atoms. The number of aromatic nitrogens is 2. The minimum Gasteiger partial charge on any atom is -0.503 e. The molecule has 1 amide bonds. The maximum Gasteiger partial charge on any atom is 0.296 e. The number of fused-ring (bicyclic) bond motifs is 1. The Hall–Kier alpha value is -3.99. The molecule has 3 aromatic carbocycles. The number of Topliss-reactive ketones (excluding diaryl/α,β-unsaturated/α-hetero) is 1. The van der Waals surface area contributed by atoms with E-state index in [4.69, 9.17) is 4.74 Å². The lowest BCUT2D eigenvalue weighted by Crippen LogP contribution is -2.31. The molecule has 2 aromatic heterocycles. The fraction of sp³-hybridized carbons (Fsp3) is 0.133. The minimum absolute atomic E-state index is 0.0151. The van der Waals surface area contributed by atoms with Gasteiger partial charge >= 0.3 is 0 Å². The van der Waals surface area contributed by atoms with Crippen molar-refractivity contribution in [3.8, 4) is 5.75 Å². The molecular formula is C30H23N3O4S3. The molecular weight excluding hydrogens is 563 g/mol. The number of ketones is 1. The number of hydrogen-bond acceptors (Lipinski definition) is 9. The first-order chi connectivity index (χ1) is 19.5. The van der Waals surface area contributed by atoms with Crippen molar-refractivity contribution in [1.29, 1.82) is 0 Å². The van der Waals surface area contributed by atoms with E-state index in [9.17, 15) is 14.7 Å². The molecule has 0 saturated heterocycles. The highest BCUT2D eigenvalue weighted by Crippen LogP contribution is 2.45. The monoisotopic (exact) mass is 585 g/mol. The van der Waals surface area contributed by atoms with Gasteiger partial charge < -0.3 is 9.84 Å². The standard InChI is InChI=1S/C30H23N3O4S3/c1-2-37-21-12-6-10-19(16-21)25-24(26(34)23-14-7-15-38-23)27(35)28(36)33(25)29-31-32-30(40-29)39-17-20-11-5-9-18-8-3-4-13-22(18)20/h3-16,25,35H,2,17H2,1H3. The zero-order valence-corrected chi connectivity index (χ0v) is 23.8. The van der Waals surface area contributed by atoms with Gasteiger partial charge in [0.15, 0.2) is 10.1 Å². The molecule has 10 heteroatoms. The number of benzene rings is 3. The van der Waals surface area contributed by atoms with E-state index in [-0.39, 0.29) is 5.57 Å². The minimum atomic E-state index is -0.883. The molecule has 1 N–H and O–H groups in total. The summed E-state index contributed by atoms with van der Waals surface area (Å²) in [6.45, 7) is 2.35. The van der Waals surface area contributed by atoms with Gasteiger partial charge in [0.2, 0.25) is 10.9 Å². The van der Waals surface area contributed by atoms with Crippen molar-refractivity contribution in [3.63, 3.8) is 0 Å². The van der Waals surface area contributed by atoms with Gasteiger partial charge in [-0.1, -0.05) is 83.8 Å². The molecule has 5 aromatic rings. The van der Waals surface area contributed by atoms with Crippen molar-refractivity contribution in [2.75, 3.05) is 11.5 Å². The van der Waals surface area contributed by atoms with Crippen LogP contribution in [0, 0.1) is 0 Å². The lowest BCUT2D eigenvalue weighted by atomic mass is 9.95. The number of carbonyl (C=O) groups is 2. The van der Waals surface area contributed by atoms with Crippen molar-refractivity contribution in [3.05, 3.63) is 112 Å². The zero-order valence-electron chi connectivity index (χ0n) is 21.3. The molecule has 0 saturated carbocycles. The molecule has 0 spiro atoms. The van der Waals surface area contributed by atoms with E-state index >= 15 is 0 Å². The Morgan fingerprint density at radius 2 is 1.88 bits per heavy atom. The maximum absolute atomic E-state index is 13.6. The Kier molecular flexibility index (Phi) is 7.38. The Bertz CT molecular complexity index is 1740. The summed E-state index contributed by atoms with van der Waals surface area (Å²) in [5.41, 5.74) is 1.82. The number of ether oxygens (including phenoxy) is 1. The maximum atomic E-state index is 13.6. The van der Waals surface area contributed by atoms with Crippen LogP contribution in [0.4, 0.5) is 5.13 Å². The van der Waals surface area contributed by atoms with E-state index in [1.54, 1.807) is 29.6 Å². The molecule has 6 rings (SSSR count). The summed E-state index contributed by atoms with van der Waals surface area (Å²) in [7, 11) is 0. The summed E-state index contributed by atoms with van der Waals surface area (Å²) in [6, 6.07) is 24.2. The number of amides is 1. The molecule has 1 atom stereocenters. The third kappa shape index (κ3) is 4.90. The Balaban J connectivity index is 1.34. The lowest BCUT2D eigenvalue weighted by Gasteiger charge is -2.24. The zero-order chi connectivity index (χ0) is 27.6. The summed E-state index contributed by atoms with van der Waals surface area (Å²) in [5.74, 6) is -0.385. The third-order valence-electron chi connectivity index (χ3n) is 6.52. The van der Waals surface area contributed by atoms with E-state index in [0.29, 0.717) is 38.0 Å². The van der Waals surface area contributed by atoms with Crippen LogP contribution in [0.15, 0.2) is 99.9 Å². The van der Waals surface area contributed by atoms with Crippen molar-refractivity contribution in [2.24, 2.45) is 0 Å². The van der Waals surface area contributed by atoms with Gasteiger partial charge in [0.25, 0.3) is 5.91 Å². The number of hydrogen-bond donors (Lipinski definition) is 1. The number of nitrogens with zero attached hydrogens (tertiary/aromatic N) is 3. The fourth-order valence-electron chi connectivity index (χ4n) is 4.75. The van der Waals surface area contributed by atoms with E-state index in [1.807, 2.05) is 37.3 Å². The average Bonchev–Trinajstić information content (AvgIpc) is 3.73. The first kappa shape index (κ1) is 26.2. The number of carbonyl (C=O) groups excluding carboxylic acids is 2. The number of rotatable bonds is 9. The molecule has 40 heavy (non-hydrogen) atoms. The molecule has 1 aliphatic rings. The predicted octanol–water partition coefficient (Wildman–Crippen LogP) is 7.23. The van der Waals surface area contributed by atoms with Crippen LogP contribution in [0.25, 0.3) is 10.8 Å². The van der Waals surface area contributed by atoms with E-state index in [0.717, 1.165) is 0 Å². The lowest BCUT2D eigenvalue weighted by molar-refractivity contribution is -0.117. The third-order valence-corrected chi connectivity index (χ3v) is 9.49. The number of thioether (sulfide) groups is 1. The second-order valence-corrected chi connectivity index (χ2v) is 12.1. The van der Waals surface area contributed by atoms with Gasteiger partial charge in [0.1, 0.15) is 5.75 Å². The molecule has 0 aliphatic carbocycles. The topological polar surface area (TPSA) is 92.6 Å². The highest BCUT2D eigenvalue weighted by Gasteiger charge is 2.46. The molecule has 0 radical (unpaired) electrons. The van der Waals surface area contributed by atoms with Gasteiger partial charge in [-0.05, 0) is 52.4 Å². The van der Waals surface area contributed by atoms with E-state index in [2.05, 4.69) is 34.5 Å². The smallest absolute Gasteiger partial charge is 0.296 e. The van der Waals surface area contributed by atoms with Crippen LogP contribution in [0.1, 0.15) is 33.8 Å². The second kappa shape index (κ2) is 11.2. The first-order valence-corrected chi connectivity index (χ1v) is 15.2. The van der Waals surface area contributed by atoms with Crippen LogP contribution in [0.2, 0.25) is 0 Å². The van der Waals surface area contributed by atoms with Crippen LogP contribution < -0.4 is 9.64 Å². The van der Waals surface area contributed by atoms with Crippen LogP contribution in [0.3, 0.4) is 0 Å². The molecule has 1 aliphatic heterocycles. The summed E-state index contributed by atoms with van der Waals surface area (Å²) in [6.07, 6.45) is 0. The Morgan fingerprint density at radius 1 is 1.05 bits per heavy atom. The van der Waals surface area contributed by atoms with Gasteiger partial charge in [-0.15, -0.1) is 21.5 Å². The summed E-state index contributed by atoms with van der Waals surface area (Å²) >= 11 is 4.04. The number of thiophene rings is 1. The van der Waals surface area contributed by atoms with Crippen LogP contribution in [-0.4, -0.2) is 33.6 Å². The SMILES string of the molecule is CCOc1cccc(C2C(C(=O)c3cccs3)=C(O)C(=O)N2c2nnc(SCc3cccc4ccccc34)s2)c1. The summed E-state index contributed by atoms with van der Waals surface area (Å²) < 4.78 is 6.36. The van der Waals surface area contributed by atoms with Crippen molar-refractivity contribution >= 4 is 62.0 Å². The Labute approximate surface area is 242 Å².